The molecule has 2 aromatic carbocycles. The van der Waals surface area contributed by atoms with E-state index in [4.69, 9.17) is 0 Å². The summed E-state index contributed by atoms with van der Waals surface area (Å²) in [5.41, 5.74) is 1.72. The average molecular weight is 446 g/mol. The van der Waals surface area contributed by atoms with Crippen molar-refractivity contribution in [2.24, 2.45) is 5.92 Å². The van der Waals surface area contributed by atoms with Gasteiger partial charge in [-0.15, -0.1) is 0 Å². The molecular formula is C26H29N4O3. The van der Waals surface area contributed by atoms with E-state index in [0.29, 0.717) is 17.9 Å². The van der Waals surface area contributed by atoms with Crippen LogP contribution < -0.4 is 16.0 Å². The molecule has 0 aliphatic heterocycles. The third-order valence-electron chi connectivity index (χ3n) is 5.10. The Balaban J connectivity index is 1.70. The third-order valence-corrected chi connectivity index (χ3v) is 5.10. The first-order chi connectivity index (χ1) is 15.8. The number of benzene rings is 2. The van der Waals surface area contributed by atoms with Crippen LogP contribution in [0.1, 0.15) is 46.7 Å². The van der Waals surface area contributed by atoms with Crippen LogP contribution in [-0.2, 0) is 4.79 Å². The van der Waals surface area contributed by atoms with Crippen LogP contribution in [0.25, 0.3) is 10.8 Å². The van der Waals surface area contributed by atoms with Crippen LogP contribution in [-0.4, -0.2) is 35.3 Å². The summed E-state index contributed by atoms with van der Waals surface area (Å²) in [5, 5.41) is 9.95. The van der Waals surface area contributed by atoms with Gasteiger partial charge < -0.3 is 16.0 Å². The molecule has 171 valence electrons. The maximum atomic E-state index is 12.9. The van der Waals surface area contributed by atoms with E-state index in [1.807, 2.05) is 57.2 Å². The molecule has 0 saturated heterocycles. The number of amides is 3. The van der Waals surface area contributed by atoms with Gasteiger partial charge in [0, 0.05) is 30.2 Å². The molecule has 7 nitrogen and oxygen atoms in total. The van der Waals surface area contributed by atoms with E-state index in [1.54, 1.807) is 30.9 Å². The molecule has 7 heteroatoms. The van der Waals surface area contributed by atoms with Crippen LogP contribution in [0, 0.1) is 19.4 Å². The Kier molecular flexibility index (Phi) is 8.13. The number of hydrogen-bond acceptors (Lipinski definition) is 4. The summed E-state index contributed by atoms with van der Waals surface area (Å²) < 4.78 is 0. The van der Waals surface area contributed by atoms with Crippen molar-refractivity contribution >= 4 is 28.5 Å². The Morgan fingerprint density at radius 2 is 1.67 bits per heavy atom. The van der Waals surface area contributed by atoms with Gasteiger partial charge in [-0.25, -0.2) is 0 Å². The molecule has 0 aliphatic rings. The Labute approximate surface area is 194 Å². The van der Waals surface area contributed by atoms with Crippen LogP contribution in [0.5, 0.6) is 0 Å². The summed E-state index contributed by atoms with van der Waals surface area (Å²) in [6.07, 6.45) is 2.31. The Hall–Kier alpha value is -3.74. The van der Waals surface area contributed by atoms with E-state index >= 15 is 0 Å². The highest BCUT2D eigenvalue weighted by atomic mass is 16.2. The Morgan fingerprint density at radius 1 is 0.970 bits per heavy atom. The highest BCUT2D eigenvalue weighted by molar-refractivity contribution is 5.99. The molecule has 33 heavy (non-hydrogen) atoms. The van der Waals surface area contributed by atoms with E-state index in [9.17, 15) is 14.4 Å². The fraction of sp³-hybridized carbons (Fsp3) is 0.269. The molecule has 0 spiro atoms. The lowest BCUT2D eigenvalue weighted by atomic mass is 10.1. The molecule has 3 rings (SSSR count). The lowest BCUT2D eigenvalue weighted by molar-refractivity contribution is -0.122. The lowest BCUT2D eigenvalue weighted by Gasteiger charge is -2.19. The predicted molar refractivity (Wildman–Crippen MR) is 128 cm³/mol. The molecule has 1 atom stereocenters. The number of rotatable bonds is 9. The van der Waals surface area contributed by atoms with Gasteiger partial charge in [0.05, 0.1) is 0 Å². The van der Waals surface area contributed by atoms with Gasteiger partial charge in [-0.3, -0.25) is 19.4 Å². The molecule has 1 heterocycles. The van der Waals surface area contributed by atoms with Crippen LogP contribution in [0.3, 0.4) is 0 Å². The number of nitrogens with zero attached hydrogens (tertiary/aromatic N) is 1. The van der Waals surface area contributed by atoms with Gasteiger partial charge in [0.25, 0.3) is 11.8 Å². The van der Waals surface area contributed by atoms with Gasteiger partial charge in [-0.1, -0.05) is 55.8 Å². The van der Waals surface area contributed by atoms with Crippen molar-refractivity contribution in [1.29, 1.82) is 0 Å². The van der Waals surface area contributed by atoms with Gasteiger partial charge in [0.1, 0.15) is 11.7 Å². The molecule has 1 radical (unpaired) electrons. The van der Waals surface area contributed by atoms with E-state index in [0.717, 1.165) is 16.3 Å². The topological polar surface area (TPSA) is 100 Å². The quantitative estimate of drug-likeness (QED) is 0.470. The van der Waals surface area contributed by atoms with Crippen LogP contribution >= 0.6 is 0 Å². The van der Waals surface area contributed by atoms with Crippen molar-refractivity contribution in [1.82, 2.24) is 20.9 Å². The van der Waals surface area contributed by atoms with Crippen LogP contribution in [0.4, 0.5) is 0 Å². The maximum Gasteiger partial charge on any atom is 0.270 e. The van der Waals surface area contributed by atoms with E-state index in [2.05, 4.69) is 20.9 Å². The summed E-state index contributed by atoms with van der Waals surface area (Å²) in [6.45, 7) is 7.62. The molecule has 0 bridgehead atoms. The third kappa shape index (κ3) is 6.87. The number of nitrogens with one attached hydrogen (secondary N) is 3. The molecule has 3 N–H and O–H groups in total. The van der Waals surface area contributed by atoms with Crippen molar-refractivity contribution in [3.63, 3.8) is 0 Å². The molecule has 0 aliphatic carbocycles. The van der Waals surface area contributed by atoms with Crippen molar-refractivity contribution in [3.05, 3.63) is 84.2 Å². The van der Waals surface area contributed by atoms with E-state index < -0.39 is 17.9 Å². The first-order valence-corrected chi connectivity index (χ1v) is 11.0. The summed E-state index contributed by atoms with van der Waals surface area (Å²) in [6, 6.07) is 15.4. The number of hydrogen-bond donors (Lipinski definition) is 3. The largest absolute Gasteiger partial charge is 0.349 e. The van der Waals surface area contributed by atoms with E-state index in [1.165, 1.54) is 0 Å². The maximum absolute atomic E-state index is 12.9. The van der Waals surface area contributed by atoms with Crippen molar-refractivity contribution in [3.8, 4) is 0 Å². The normalized spacial score (nSPS) is 11.8. The molecule has 3 amide bonds. The zero-order chi connectivity index (χ0) is 23.8. The van der Waals surface area contributed by atoms with Crippen molar-refractivity contribution < 1.29 is 14.4 Å². The highest BCUT2D eigenvalue weighted by Crippen LogP contribution is 2.13. The van der Waals surface area contributed by atoms with Crippen LogP contribution in [0.15, 0.2) is 60.8 Å². The van der Waals surface area contributed by atoms with Gasteiger partial charge in [0.15, 0.2) is 0 Å². The second-order valence-corrected chi connectivity index (χ2v) is 8.36. The first kappa shape index (κ1) is 23.9. The second-order valence-electron chi connectivity index (χ2n) is 8.36. The van der Waals surface area contributed by atoms with Gasteiger partial charge in [-0.2, -0.15) is 0 Å². The Bertz CT molecular complexity index is 1130. The number of aryl methyl sites for hydroxylation is 1. The molecule has 1 aromatic heterocycles. The minimum Gasteiger partial charge on any atom is -0.349 e. The summed E-state index contributed by atoms with van der Waals surface area (Å²) in [5.74, 6) is -0.846. The SMILES string of the molecule is Cc1ccc(C(=O)NC[C@H](NC(=O)c2cc3ccccc3cn2)C(=O)N[CH]CC(C)C)cc1. The monoisotopic (exact) mass is 445 g/mol. The minimum absolute atomic E-state index is 0.0621. The number of carbonyl (C=O) groups is 3. The van der Waals surface area contributed by atoms with Crippen molar-refractivity contribution in [2.45, 2.75) is 33.2 Å². The standard InChI is InChI=1S/C26H29N4O3/c1-17(2)12-13-27-25(32)23(16-29-24(31)19-10-8-18(3)9-11-19)30-26(33)22-14-20-6-4-5-7-21(20)15-28-22/h4-11,13-15,17,23H,12,16H2,1-3H3,(H,27,32)(H,29,31)(H,30,33)/t23-/m0/s1. The fourth-order valence-electron chi connectivity index (χ4n) is 3.15. The Morgan fingerprint density at radius 3 is 2.36 bits per heavy atom. The fourth-order valence-corrected chi connectivity index (χ4v) is 3.15. The summed E-state index contributed by atoms with van der Waals surface area (Å²) in [7, 11) is 0. The molecule has 0 unspecified atom stereocenters. The smallest absolute Gasteiger partial charge is 0.270 e. The number of fused-ring (bicyclic) bond motifs is 1. The molecule has 0 fully saturated rings. The highest BCUT2D eigenvalue weighted by Gasteiger charge is 2.23. The number of aromatic nitrogens is 1. The minimum atomic E-state index is -0.969. The van der Waals surface area contributed by atoms with Gasteiger partial charge in [0.2, 0.25) is 5.91 Å². The summed E-state index contributed by atoms with van der Waals surface area (Å²) >= 11 is 0. The number of pyridine rings is 1. The van der Waals surface area contributed by atoms with Crippen molar-refractivity contribution in [2.75, 3.05) is 6.54 Å². The lowest BCUT2D eigenvalue weighted by Crippen LogP contribution is -2.52. The molecular weight excluding hydrogens is 416 g/mol. The zero-order valence-corrected chi connectivity index (χ0v) is 19.1. The van der Waals surface area contributed by atoms with Gasteiger partial charge >= 0.3 is 0 Å². The first-order valence-electron chi connectivity index (χ1n) is 11.0. The molecule has 3 aromatic rings. The van der Waals surface area contributed by atoms with Gasteiger partial charge in [-0.05, 0) is 42.8 Å². The summed E-state index contributed by atoms with van der Waals surface area (Å²) in [4.78, 5) is 42.4. The average Bonchev–Trinajstić information content (AvgIpc) is 2.81. The zero-order valence-electron chi connectivity index (χ0n) is 19.1. The predicted octanol–water partition coefficient (Wildman–Crippen LogP) is 3.40. The number of carbonyl (C=O) groups excluding carboxylic acids is 3. The molecule has 0 saturated carbocycles. The second kappa shape index (κ2) is 11.2. The van der Waals surface area contributed by atoms with E-state index in [-0.39, 0.29) is 18.1 Å². The van der Waals surface area contributed by atoms with Crippen LogP contribution in [0.2, 0.25) is 0 Å².